The lowest BCUT2D eigenvalue weighted by Crippen LogP contribution is -2.02. The monoisotopic (exact) mass is 242 g/mol. The Morgan fingerprint density at radius 3 is 2.00 bits per heavy atom. The van der Waals surface area contributed by atoms with E-state index in [2.05, 4.69) is 4.89 Å². The first-order chi connectivity index (χ1) is 8.23. The molecule has 94 valence electrons. The van der Waals surface area contributed by atoms with Crippen molar-refractivity contribution in [3.05, 3.63) is 11.6 Å². The van der Waals surface area contributed by atoms with Crippen LogP contribution in [0.5, 0.6) is 23.0 Å². The van der Waals surface area contributed by atoms with Gasteiger partial charge in [0.2, 0.25) is 17.2 Å². The van der Waals surface area contributed by atoms with Gasteiger partial charge in [-0.2, -0.15) is 4.89 Å². The van der Waals surface area contributed by atoms with E-state index in [-0.39, 0.29) is 17.1 Å². The maximum Gasteiger partial charge on any atom is 0.221 e. The van der Waals surface area contributed by atoms with Gasteiger partial charge in [0.05, 0.1) is 34.0 Å². The van der Waals surface area contributed by atoms with Crippen molar-refractivity contribution < 1.29 is 28.8 Å². The molecule has 0 heterocycles. The molecule has 1 rings (SSSR count). The van der Waals surface area contributed by atoms with Crippen molar-refractivity contribution in [3.8, 4) is 23.0 Å². The fraction of sp³-hybridized carbons (Fsp3) is 0.364. The average Bonchev–Trinajstić information content (AvgIpc) is 2.37. The fourth-order valence-electron chi connectivity index (χ4n) is 1.41. The molecule has 1 aromatic carbocycles. The molecule has 0 amide bonds. The van der Waals surface area contributed by atoms with E-state index < -0.39 is 0 Å². The van der Waals surface area contributed by atoms with Crippen molar-refractivity contribution in [2.45, 2.75) is 0 Å². The SMILES string of the molecule is COOc1c(C=O)cc(OC)c(OC)c1OC. The first-order valence-electron chi connectivity index (χ1n) is 4.72. The Kier molecular flexibility index (Phi) is 4.59. The van der Waals surface area contributed by atoms with Gasteiger partial charge in [0.25, 0.3) is 0 Å². The lowest BCUT2D eigenvalue weighted by Gasteiger charge is -2.16. The fourth-order valence-corrected chi connectivity index (χ4v) is 1.41. The Morgan fingerprint density at radius 2 is 1.59 bits per heavy atom. The second-order valence-corrected chi connectivity index (χ2v) is 2.93. The molecule has 0 aliphatic heterocycles. The molecule has 0 aliphatic carbocycles. The summed E-state index contributed by atoms with van der Waals surface area (Å²) in [6.45, 7) is 0. The van der Waals surface area contributed by atoms with Crippen LogP contribution in [0.4, 0.5) is 0 Å². The molecule has 0 aromatic heterocycles. The highest BCUT2D eigenvalue weighted by molar-refractivity contribution is 5.84. The molecule has 17 heavy (non-hydrogen) atoms. The van der Waals surface area contributed by atoms with Crippen LogP contribution in [0.25, 0.3) is 0 Å². The van der Waals surface area contributed by atoms with Gasteiger partial charge in [-0.3, -0.25) is 4.79 Å². The lowest BCUT2D eigenvalue weighted by atomic mass is 10.1. The summed E-state index contributed by atoms with van der Waals surface area (Å²) in [5.41, 5.74) is 0.237. The predicted molar refractivity (Wildman–Crippen MR) is 59.1 cm³/mol. The van der Waals surface area contributed by atoms with Crippen LogP contribution >= 0.6 is 0 Å². The molecule has 0 fully saturated rings. The zero-order chi connectivity index (χ0) is 12.8. The summed E-state index contributed by atoms with van der Waals surface area (Å²) >= 11 is 0. The Bertz CT molecular complexity index is 401. The van der Waals surface area contributed by atoms with Gasteiger partial charge < -0.3 is 19.1 Å². The molecule has 1 aromatic rings. The molecule has 0 saturated heterocycles. The van der Waals surface area contributed by atoms with E-state index in [9.17, 15) is 4.79 Å². The molecule has 0 radical (unpaired) electrons. The molecule has 0 spiro atoms. The minimum Gasteiger partial charge on any atom is -0.493 e. The number of aldehydes is 1. The molecule has 0 unspecified atom stereocenters. The zero-order valence-corrected chi connectivity index (χ0v) is 10.1. The summed E-state index contributed by atoms with van der Waals surface area (Å²) in [6, 6.07) is 1.47. The maximum absolute atomic E-state index is 11.0. The van der Waals surface area contributed by atoms with Crippen molar-refractivity contribution in [3.63, 3.8) is 0 Å². The van der Waals surface area contributed by atoms with Crippen LogP contribution in [0, 0.1) is 0 Å². The van der Waals surface area contributed by atoms with Gasteiger partial charge in [0.15, 0.2) is 12.0 Å². The molecule has 0 saturated carbocycles. The summed E-state index contributed by atoms with van der Waals surface area (Å²) in [4.78, 5) is 20.4. The van der Waals surface area contributed by atoms with Gasteiger partial charge in [-0.05, 0) is 6.07 Å². The van der Waals surface area contributed by atoms with E-state index in [1.165, 1.54) is 34.5 Å². The highest BCUT2D eigenvalue weighted by atomic mass is 17.2. The van der Waals surface area contributed by atoms with Crippen molar-refractivity contribution in [1.29, 1.82) is 0 Å². The number of benzene rings is 1. The number of carbonyl (C=O) groups excluding carboxylic acids is 1. The summed E-state index contributed by atoms with van der Waals surface area (Å²) in [7, 11) is 5.67. The number of hydrogen-bond donors (Lipinski definition) is 0. The molecule has 6 nitrogen and oxygen atoms in total. The highest BCUT2D eigenvalue weighted by Gasteiger charge is 2.22. The quantitative estimate of drug-likeness (QED) is 0.427. The van der Waals surface area contributed by atoms with Crippen LogP contribution < -0.4 is 19.1 Å². The first-order valence-corrected chi connectivity index (χ1v) is 4.72. The van der Waals surface area contributed by atoms with Gasteiger partial charge in [0, 0.05) is 0 Å². The van der Waals surface area contributed by atoms with E-state index in [1.54, 1.807) is 0 Å². The van der Waals surface area contributed by atoms with Gasteiger partial charge >= 0.3 is 0 Å². The molecule has 6 heteroatoms. The first kappa shape index (κ1) is 13.1. The molecule has 0 bridgehead atoms. The van der Waals surface area contributed by atoms with E-state index in [1.807, 2.05) is 0 Å². The second kappa shape index (κ2) is 5.95. The van der Waals surface area contributed by atoms with E-state index in [0.29, 0.717) is 17.8 Å². The minimum absolute atomic E-state index is 0.141. The van der Waals surface area contributed by atoms with E-state index in [0.717, 1.165) is 0 Å². The summed E-state index contributed by atoms with van der Waals surface area (Å²) < 4.78 is 15.4. The lowest BCUT2D eigenvalue weighted by molar-refractivity contribution is -0.179. The van der Waals surface area contributed by atoms with Crippen LogP contribution in [0.3, 0.4) is 0 Å². The standard InChI is InChI=1S/C11H14O6/c1-13-8-5-7(6-12)9(17-16-4)11(15-3)10(8)14-2/h5-6H,1-4H3. The highest BCUT2D eigenvalue weighted by Crippen LogP contribution is 2.46. The number of rotatable bonds is 6. The van der Waals surface area contributed by atoms with Crippen LogP contribution in [0.15, 0.2) is 6.07 Å². The molecular formula is C11H14O6. The Labute approximate surface area is 98.9 Å². The molecule has 0 aliphatic rings. The van der Waals surface area contributed by atoms with Gasteiger partial charge in [0.1, 0.15) is 0 Å². The minimum atomic E-state index is 0.141. The Hall–Kier alpha value is -1.95. The largest absolute Gasteiger partial charge is 0.493 e. The van der Waals surface area contributed by atoms with Gasteiger partial charge in [-0.25, -0.2) is 0 Å². The third-order valence-electron chi connectivity index (χ3n) is 2.11. The van der Waals surface area contributed by atoms with Crippen LogP contribution in [-0.2, 0) is 4.89 Å². The third kappa shape index (κ3) is 2.42. The topological polar surface area (TPSA) is 63.2 Å². The normalized spacial score (nSPS) is 9.65. The van der Waals surface area contributed by atoms with Crippen LogP contribution in [0.1, 0.15) is 10.4 Å². The molecule has 0 N–H and O–H groups in total. The van der Waals surface area contributed by atoms with E-state index in [4.69, 9.17) is 19.1 Å². The predicted octanol–water partition coefficient (Wildman–Crippen LogP) is 1.47. The number of ether oxygens (including phenoxy) is 3. The average molecular weight is 242 g/mol. The third-order valence-corrected chi connectivity index (χ3v) is 2.11. The Morgan fingerprint density at radius 1 is 0.941 bits per heavy atom. The summed E-state index contributed by atoms with van der Waals surface area (Å²) in [6.07, 6.45) is 0.610. The van der Waals surface area contributed by atoms with E-state index >= 15 is 0 Å². The Balaban J connectivity index is 3.49. The second-order valence-electron chi connectivity index (χ2n) is 2.93. The van der Waals surface area contributed by atoms with Crippen molar-refractivity contribution in [2.24, 2.45) is 0 Å². The summed E-state index contributed by atoms with van der Waals surface area (Å²) in [5, 5.41) is 0. The zero-order valence-electron chi connectivity index (χ0n) is 10.1. The number of carbonyl (C=O) groups is 1. The number of hydrogen-bond acceptors (Lipinski definition) is 6. The van der Waals surface area contributed by atoms with Crippen molar-refractivity contribution in [2.75, 3.05) is 28.4 Å². The smallest absolute Gasteiger partial charge is 0.221 e. The van der Waals surface area contributed by atoms with Crippen LogP contribution in [0.2, 0.25) is 0 Å². The molecule has 0 atom stereocenters. The maximum atomic E-state index is 11.0. The van der Waals surface area contributed by atoms with Gasteiger partial charge in [-0.15, -0.1) is 0 Å². The van der Waals surface area contributed by atoms with Gasteiger partial charge in [-0.1, -0.05) is 0 Å². The van der Waals surface area contributed by atoms with Crippen molar-refractivity contribution in [1.82, 2.24) is 0 Å². The van der Waals surface area contributed by atoms with Crippen LogP contribution in [-0.4, -0.2) is 34.7 Å². The van der Waals surface area contributed by atoms with Crippen molar-refractivity contribution >= 4 is 6.29 Å². The summed E-state index contributed by atoms with van der Waals surface area (Å²) in [5.74, 6) is 1.07. The number of methoxy groups -OCH3 is 3. The molecular weight excluding hydrogens is 228 g/mol.